The van der Waals surface area contributed by atoms with Crippen LogP contribution in [0.5, 0.6) is 0 Å². The van der Waals surface area contributed by atoms with Crippen molar-refractivity contribution in [2.24, 2.45) is 0 Å². The number of halogens is 4. The average molecular weight is 287 g/mol. The predicted octanol–water partition coefficient (Wildman–Crippen LogP) is 3.07. The second kappa shape index (κ2) is 3.59. The van der Waals surface area contributed by atoms with Crippen LogP contribution in [0.2, 0.25) is 0 Å². The van der Waals surface area contributed by atoms with Crippen LogP contribution in [0.25, 0.3) is 0 Å². The molecule has 12 heavy (non-hydrogen) atoms. The molecule has 0 fully saturated rings. The summed E-state index contributed by atoms with van der Waals surface area (Å²) in [7, 11) is 0. The van der Waals surface area contributed by atoms with Gasteiger partial charge >= 0.3 is 0 Å². The van der Waals surface area contributed by atoms with Gasteiger partial charge in [-0.3, -0.25) is 0 Å². The average Bonchev–Trinajstić information content (AvgIpc) is 1.82. The van der Waals surface area contributed by atoms with Crippen LogP contribution >= 0.6 is 22.6 Å². The number of pyridine rings is 1. The first-order valence-electron chi connectivity index (χ1n) is 3.13. The normalized spacial score (nSPS) is 10.8. The van der Waals surface area contributed by atoms with Crippen LogP contribution in [0.4, 0.5) is 13.2 Å². The molecule has 0 spiro atoms. The zero-order valence-electron chi connectivity index (χ0n) is 6.11. The van der Waals surface area contributed by atoms with Crippen molar-refractivity contribution < 1.29 is 13.2 Å². The van der Waals surface area contributed by atoms with Gasteiger partial charge in [-0.15, -0.1) is 0 Å². The summed E-state index contributed by atoms with van der Waals surface area (Å²) < 4.78 is 37.2. The lowest BCUT2D eigenvalue weighted by atomic mass is 10.2. The minimum Gasteiger partial charge on any atom is -0.225 e. The van der Waals surface area contributed by atoms with Gasteiger partial charge in [-0.25, -0.2) is 13.8 Å². The SMILES string of the molecule is Cc1nc(F)cc(I)c1C(F)F. The first-order chi connectivity index (χ1) is 5.52. The predicted molar refractivity (Wildman–Crippen MR) is 46.6 cm³/mol. The highest BCUT2D eigenvalue weighted by Crippen LogP contribution is 2.26. The molecular weight excluding hydrogens is 282 g/mol. The monoisotopic (exact) mass is 287 g/mol. The fraction of sp³-hybridized carbons (Fsp3) is 0.286. The molecule has 0 aliphatic heterocycles. The number of aromatic nitrogens is 1. The topological polar surface area (TPSA) is 12.9 Å². The fourth-order valence-electron chi connectivity index (χ4n) is 0.870. The zero-order valence-corrected chi connectivity index (χ0v) is 8.27. The van der Waals surface area contributed by atoms with E-state index in [1.807, 2.05) is 0 Å². The first kappa shape index (κ1) is 9.76. The highest BCUT2D eigenvalue weighted by atomic mass is 127. The summed E-state index contributed by atoms with van der Waals surface area (Å²) in [6, 6.07) is 0.995. The van der Waals surface area contributed by atoms with Crippen LogP contribution in [0, 0.1) is 16.4 Å². The van der Waals surface area contributed by atoms with E-state index in [2.05, 4.69) is 4.98 Å². The van der Waals surface area contributed by atoms with Crippen molar-refractivity contribution in [2.45, 2.75) is 13.3 Å². The number of aryl methyl sites for hydroxylation is 1. The van der Waals surface area contributed by atoms with E-state index in [0.717, 1.165) is 6.07 Å². The maximum Gasteiger partial charge on any atom is 0.266 e. The molecule has 1 aromatic heterocycles. The molecule has 5 heteroatoms. The molecule has 0 unspecified atom stereocenters. The third-order valence-corrected chi connectivity index (χ3v) is 2.28. The Labute approximate surface area is 81.1 Å². The number of nitrogens with zero attached hydrogens (tertiary/aromatic N) is 1. The van der Waals surface area contributed by atoms with Gasteiger partial charge < -0.3 is 0 Å². The third-order valence-electron chi connectivity index (χ3n) is 1.39. The molecule has 1 nitrogen and oxygen atoms in total. The number of alkyl halides is 2. The number of rotatable bonds is 1. The quantitative estimate of drug-likeness (QED) is 0.571. The smallest absolute Gasteiger partial charge is 0.225 e. The summed E-state index contributed by atoms with van der Waals surface area (Å²) >= 11 is 1.67. The van der Waals surface area contributed by atoms with Crippen molar-refractivity contribution in [1.82, 2.24) is 4.98 Å². The molecule has 1 aromatic rings. The van der Waals surface area contributed by atoms with Gasteiger partial charge in [0.25, 0.3) is 6.43 Å². The van der Waals surface area contributed by atoms with Crippen LogP contribution in [0.1, 0.15) is 17.7 Å². The van der Waals surface area contributed by atoms with Gasteiger partial charge in [-0.2, -0.15) is 4.39 Å². The molecule has 1 rings (SSSR count). The lowest BCUT2D eigenvalue weighted by molar-refractivity contribution is 0.149. The van der Waals surface area contributed by atoms with E-state index in [-0.39, 0.29) is 14.8 Å². The summed E-state index contributed by atoms with van der Waals surface area (Å²) in [6.45, 7) is 1.37. The Balaban J connectivity index is 3.28. The Morgan fingerprint density at radius 1 is 1.50 bits per heavy atom. The van der Waals surface area contributed by atoms with Gasteiger partial charge in [0.05, 0.1) is 11.3 Å². The van der Waals surface area contributed by atoms with Crippen molar-refractivity contribution in [3.05, 3.63) is 26.8 Å². The molecule has 0 N–H and O–H groups in total. The lowest BCUT2D eigenvalue weighted by Gasteiger charge is -2.05. The van der Waals surface area contributed by atoms with Crippen LogP contribution in [-0.4, -0.2) is 4.98 Å². The van der Waals surface area contributed by atoms with Crippen molar-refractivity contribution in [3.8, 4) is 0 Å². The maximum absolute atomic E-state index is 12.5. The molecule has 66 valence electrons. The largest absolute Gasteiger partial charge is 0.266 e. The van der Waals surface area contributed by atoms with Gasteiger partial charge in [0.1, 0.15) is 0 Å². The summed E-state index contributed by atoms with van der Waals surface area (Å²) in [5, 5.41) is 0. The van der Waals surface area contributed by atoms with Crippen molar-refractivity contribution in [3.63, 3.8) is 0 Å². The Morgan fingerprint density at radius 2 is 2.08 bits per heavy atom. The second-order valence-electron chi connectivity index (χ2n) is 2.23. The second-order valence-corrected chi connectivity index (χ2v) is 3.39. The van der Waals surface area contributed by atoms with Gasteiger partial charge in [0.2, 0.25) is 5.95 Å². The molecule has 0 bridgehead atoms. The first-order valence-corrected chi connectivity index (χ1v) is 4.21. The molecule has 0 aromatic carbocycles. The molecule has 0 amide bonds. The van der Waals surface area contributed by atoms with E-state index in [1.54, 1.807) is 22.6 Å². The fourth-order valence-corrected chi connectivity index (χ4v) is 1.75. The van der Waals surface area contributed by atoms with Crippen molar-refractivity contribution in [1.29, 1.82) is 0 Å². The highest BCUT2D eigenvalue weighted by molar-refractivity contribution is 14.1. The number of hydrogen-bond acceptors (Lipinski definition) is 1. The standard InChI is InChI=1S/C7H5F3IN/c1-3-6(7(9)10)4(11)2-5(8)12-3/h2,7H,1H3. The number of hydrogen-bond donors (Lipinski definition) is 0. The van der Waals surface area contributed by atoms with Gasteiger partial charge in [-0.1, -0.05) is 0 Å². The van der Waals surface area contributed by atoms with Crippen molar-refractivity contribution in [2.75, 3.05) is 0 Å². The van der Waals surface area contributed by atoms with Crippen molar-refractivity contribution >= 4 is 22.6 Å². The minimum absolute atomic E-state index is 0.0504. The van der Waals surface area contributed by atoms with E-state index in [0.29, 0.717) is 0 Å². The van der Waals surface area contributed by atoms with Crippen LogP contribution in [0.3, 0.4) is 0 Å². The van der Waals surface area contributed by atoms with E-state index in [4.69, 9.17) is 0 Å². The van der Waals surface area contributed by atoms with E-state index < -0.39 is 12.4 Å². The molecular formula is C7H5F3IN. The Bertz CT molecular complexity index is 278. The van der Waals surface area contributed by atoms with Crippen LogP contribution in [-0.2, 0) is 0 Å². The van der Waals surface area contributed by atoms with Gasteiger partial charge in [0.15, 0.2) is 0 Å². The van der Waals surface area contributed by atoms with Gasteiger partial charge in [-0.05, 0) is 29.5 Å². The summed E-state index contributed by atoms with van der Waals surface area (Å²) in [5.74, 6) is -0.721. The minimum atomic E-state index is -2.59. The summed E-state index contributed by atoms with van der Waals surface area (Å²) in [4.78, 5) is 3.30. The Kier molecular flexibility index (Phi) is 2.92. The van der Waals surface area contributed by atoms with E-state index >= 15 is 0 Å². The Morgan fingerprint density at radius 3 is 2.50 bits per heavy atom. The molecule has 0 saturated carbocycles. The lowest BCUT2D eigenvalue weighted by Crippen LogP contribution is -1.99. The highest BCUT2D eigenvalue weighted by Gasteiger charge is 2.16. The molecule has 0 aliphatic rings. The van der Waals surface area contributed by atoms with Crippen LogP contribution < -0.4 is 0 Å². The van der Waals surface area contributed by atoms with Gasteiger partial charge in [0, 0.05) is 9.64 Å². The molecule has 0 saturated heterocycles. The molecule has 0 radical (unpaired) electrons. The molecule has 1 heterocycles. The molecule has 0 atom stereocenters. The Hall–Kier alpha value is -0.330. The maximum atomic E-state index is 12.5. The van der Waals surface area contributed by atoms with E-state index in [1.165, 1.54) is 6.92 Å². The summed E-state index contributed by atoms with van der Waals surface area (Å²) in [6.07, 6.45) is -2.59. The zero-order chi connectivity index (χ0) is 9.30. The summed E-state index contributed by atoms with van der Waals surface area (Å²) in [5.41, 5.74) is -0.133. The third kappa shape index (κ3) is 1.88. The van der Waals surface area contributed by atoms with Crippen LogP contribution in [0.15, 0.2) is 6.07 Å². The molecule has 0 aliphatic carbocycles. The van der Waals surface area contributed by atoms with E-state index in [9.17, 15) is 13.2 Å².